The van der Waals surface area contributed by atoms with Crippen LogP contribution in [0.15, 0.2) is 47.4 Å². The van der Waals surface area contributed by atoms with E-state index in [1.807, 2.05) is 18.2 Å². The highest BCUT2D eigenvalue weighted by Gasteiger charge is 2.33. The maximum absolute atomic E-state index is 12.4. The molecule has 1 aromatic carbocycles. The molecule has 1 aliphatic heterocycles. The highest BCUT2D eigenvalue weighted by Crippen LogP contribution is 2.41. The quantitative estimate of drug-likeness (QED) is 0.747. The molecule has 0 amide bonds. The summed E-state index contributed by atoms with van der Waals surface area (Å²) in [5.74, 6) is 0.309. The molecule has 3 rings (SSSR count). The molecule has 0 spiro atoms. The van der Waals surface area contributed by atoms with E-state index in [1.165, 1.54) is 5.56 Å². The fourth-order valence-corrected chi connectivity index (χ4v) is 3.61. The molecule has 2 atom stereocenters. The van der Waals surface area contributed by atoms with Crippen molar-refractivity contribution >= 4 is 17.5 Å². The van der Waals surface area contributed by atoms with Crippen LogP contribution in [-0.4, -0.2) is 11.0 Å². The second-order valence-corrected chi connectivity index (χ2v) is 5.65. The molecule has 1 nitrogen and oxygen atoms in total. The van der Waals surface area contributed by atoms with Crippen LogP contribution in [-0.2, 0) is 6.42 Å². The second-order valence-electron chi connectivity index (χ2n) is 4.43. The van der Waals surface area contributed by atoms with Gasteiger partial charge in [-0.15, -0.1) is 11.8 Å². The smallest absolute Gasteiger partial charge is 0.172 e. The lowest BCUT2D eigenvalue weighted by Gasteiger charge is -2.29. The molecule has 86 valence electrons. The Kier molecular flexibility index (Phi) is 2.67. The molecule has 0 N–H and O–H groups in total. The SMILES string of the molecule is CCc1ccc2c(c1)C(=O)C1C=CC=CC1S2. The Hall–Kier alpha value is -1.28. The van der Waals surface area contributed by atoms with Crippen molar-refractivity contribution in [3.63, 3.8) is 0 Å². The zero-order valence-corrected chi connectivity index (χ0v) is 10.5. The van der Waals surface area contributed by atoms with E-state index in [1.54, 1.807) is 11.8 Å². The van der Waals surface area contributed by atoms with Gasteiger partial charge in [0.2, 0.25) is 0 Å². The number of hydrogen-bond acceptors (Lipinski definition) is 2. The van der Waals surface area contributed by atoms with Crippen LogP contribution < -0.4 is 0 Å². The van der Waals surface area contributed by atoms with Crippen molar-refractivity contribution < 1.29 is 4.79 Å². The highest BCUT2D eigenvalue weighted by atomic mass is 32.2. The maximum Gasteiger partial charge on any atom is 0.172 e. The van der Waals surface area contributed by atoms with E-state index in [2.05, 4.69) is 31.2 Å². The van der Waals surface area contributed by atoms with E-state index in [0.29, 0.717) is 0 Å². The third-order valence-corrected chi connectivity index (χ3v) is 4.70. The zero-order chi connectivity index (χ0) is 11.8. The third-order valence-electron chi connectivity index (χ3n) is 3.37. The standard InChI is InChI=1S/C15H14OS/c1-2-10-7-8-14-12(9-10)15(16)11-5-3-4-6-13(11)17-14/h3-9,11,13H,2H2,1H3. The minimum Gasteiger partial charge on any atom is -0.293 e. The van der Waals surface area contributed by atoms with Crippen LogP contribution in [0.2, 0.25) is 0 Å². The summed E-state index contributed by atoms with van der Waals surface area (Å²) in [5.41, 5.74) is 2.15. The molecule has 2 unspecified atom stereocenters. The molecule has 2 heteroatoms. The molecule has 2 aliphatic rings. The molecule has 0 fully saturated rings. The Morgan fingerprint density at radius 3 is 2.88 bits per heavy atom. The summed E-state index contributed by atoms with van der Waals surface area (Å²) in [4.78, 5) is 13.6. The van der Waals surface area contributed by atoms with E-state index >= 15 is 0 Å². The zero-order valence-electron chi connectivity index (χ0n) is 9.72. The number of rotatable bonds is 1. The van der Waals surface area contributed by atoms with E-state index in [-0.39, 0.29) is 17.0 Å². The van der Waals surface area contributed by atoms with Gasteiger partial charge < -0.3 is 0 Å². The van der Waals surface area contributed by atoms with E-state index in [0.717, 1.165) is 16.9 Å². The number of fused-ring (bicyclic) bond motifs is 2. The Balaban J connectivity index is 2.07. The van der Waals surface area contributed by atoms with E-state index in [9.17, 15) is 4.79 Å². The van der Waals surface area contributed by atoms with Gasteiger partial charge in [0, 0.05) is 15.7 Å². The molecule has 0 saturated heterocycles. The topological polar surface area (TPSA) is 17.1 Å². The number of hydrogen-bond donors (Lipinski definition) is 0. The summed E-state index contributed by atoms with van der Waals surface area (Å²) in [6.07, 6.45) is 9.15. The average Bonchev–Trinajstić information content (AvgIpc) is 2.39. The normalized spacial score (nSPS) is 25.6. The van der Waals surface area contributed by atoms with E-state index < -0.39 is 0 Å². The fourth-order valence-electron chi connectivity index (χ4n) is 2.35. The van der Waals surface area contributed by atoms with Crippen LogP contribution >= 0.6 is 11.8 Å². The lowest BCUT2D eigenvalue weighted by atomic mass is 9.90. The summed E-state index contributed by atoms with van der Waals surface area (Å²) < 4.78 is 0. The lowest BCUT2D eigenvalue weighted by molar-refractivity contribution is 0.0942. The summed E-state index contributed by atoms with van der Waals surface area (Å²) in [6, 6.07) is 6.29. The average molecular weight is 242 g/mol. The summed E-state index contributed by atoms with van der Waals surface area (Å²) in [7, 11) is 0. The third kappa shape index (κ3) is 1.77. The molecule has 17 heavy (non-hydrogen) atoms. The number of allylic oxidation sites excluding steroid dienone is 3. The van der Waals surface area contributed by atoms with Gasteiger partial charge in [-0.1, -0.05) is 37.3 Å². The largest absolute Gasteiger partial charge is 0.293 e. The summed E-state index contributed by atoms with van der Waals surface area (Å²) in [6.45, 7) is 2.12. The lowest BCUT2D eigenvalue weighted by Crippen LogP contribution is -2.28. The Bertz CT molecular complexity index is 528. The predicted octanol–water partition coefficient (Wildman–Crippen LogP) is 3.65. The van der Waals surface area contributed by atoms with Crippen LogP contribution in [0.1, 0.15) is 22.8 Å². The van der Waals surface area contributed by atoms with Crippen LogP contribution in [0.25, 0.3) is 0 Å². The van der Waals surface area contributed by atoms with Gasteiger partial charge >= 0.3 is 0 Å². The van der Waals surface area contributed by atoms with Crippen molar-refractivity contribution in [1.29, 1.82) is 0 Å². The first kappa shape index (κ1) is 10.8. The van der Waals surface area contributed by atoms with Gasteiger partial charge in [-0.2, -0.15) is 0 Å². The van der Waals surface area contributed by atoms with Gasteiger partial charge in [0.05, 0.1) is 5.92 Å². The van der Waals surface area contributed by atoms with Gasteiger partial charge in [-0.3, -0.25) is 4.79 Å². The van der Waals surface area contributed by atoms with Crippen molar-refractivity contribution in [2.45, 2.75) is 23.5 Å². The van der Waals surface area contributed by atoms with Crippen molar-refractivity contribution in [2.75, 3.05) is 0 Å². The Labute approximate surface area is 106 Å². The molecule has 1 heterocycles. The molecule has 0 radical (unpaired) electrons. The molecule has 1 aliphatic carbocycles. The monoisotopic (exact) mass is 242 g/mol. The van der Waals surface area contributed by atoms with Gasteiger partial charge in [-0.05, 0) is 24.1 Å². The van der Waals surface area contributed by atoms with Crippen molar-refractivity contribution in [3.8, 4) is 0 Å². The number of ketones is 1. The number of carbonyl (C=O) groups is 1. The van der Waals surface area contributed by atoms with Crippen molar-refractivity contribution in [2.24, 2.45) is 5.92 Å². The summed E-state index contributed by atoms with van der Waals surface area (Å²) in [5, 5.41) is 0.285. The van der Waals surface area contributed by atoms with E-state index in [4.69, 9.17) is 0 Å². The first-order valence-corrected chi connectivity index (χ1v) is 6.86. The van der Waals surface area contributed by atoms with Gasteiger partial charge in [-0.25, -0.2) is 0 Å². The van der Waals surface area contributed by atoms with Crippen LogP contribution in [0.3, 0.4) is 0 Å². The van der Waals surface area contributed by atoms with Crippen molar-refractivity contribution in [3.05, 3.63) is 53.6 Å². The number of thioether (sulfide) groups is 1. The van der Waals surface area contributed by atoms with Crippen LogP contribution in [0.4, 0.5) is 0 Å². The minimum absolute atomic E-state index is 0.0320. The molecule has 1 aromatic rings. The minimum atomic E-state index is 0.0320. The first-order chi connectivity index (χ1) is 8.29. The van der Waals surface area contributed by atoms with Gasteiger partial charge in [0.25, 0.3) is 0 Å². The molecule has 0 aromatic heterocycles. The van der Waals surface area contributed by atoms with Gasteiger partial charge in [0.1, 0.15) is 0 Å². The molecular formula is C15H14OS. The first-order valence-electron chi connectivity index (χ1n) is 5.98. The number of benzene rings is 1. The number of aryl methyl sites for hydroxylation is 1. The van der Waals surface area contributed by atoms with Crippen LogP contribution in [0.5, 0.6) is 0 Å². The Morgan fingerprint density at radius 1 is 1.24 bits per heavy atom. The maximum atomic E-state index is 12.4. The van der Waals surface area contributed by atoms with Gasteiger partial charge in [0.15, 0.2) is 5.78 Å². The molecular weight excluding hydrogens is 228 g/mol. The van der Waals surface area contributed by atoms with Crippen molar-refractivity contribution in [1.82, 2.24) is 0 Å². The highest BCUT2D eigenvalue weighted by molar-refractivity contribution is 8.00. The fraction of sp³-hybridized carbons (Fsp3) is 0.267. The second kappa shape index (κ2) is 4.19. The summed E-state index contributed by atoms with van der Waals surface area (Å²) >= 11 is 1.80. The number of carbonyl (C=O) groups excluding carboxylic acids is 1. The van der Waals surface area contributed by atoms with Crippen LogP contribution in [0, 0.1) is 5.92 Å². The predicted molar refractivity (Wildman–Crippen MR) is 71.6 cm³/mol. The molecule has 0 saturated carbocycles. The number of Topliss-reactive ketones (excluding diaryl/α,β-unsaturated/α-hetero) is 1. The molecule has 0 bridgehead atoms. The Morgan fingerprint density at radius 2 is 2.06 bits per heavy atom.